The molecule has 1 amide bonds. The number of ether oxygens (including phenoxy) is 2. The van der Waals surface area contributed by atoms with E-state index in [0.29, 0.717) is 17.2 Å². The van der Waals surface area contributed by atoms with E-state index in [4.69, 9.17) is 14.3 Å². The summed E-state index contributed by atoms with van der Waals surface area (Å²) in [5, 5.41) is 1.05. The Kier molecular flexibility index (Phi) is 5.19. The standard InChI is InChI=1S/C17H17NO5/c1-12(19)18(23-14-10-8-13(21-2)9-11-14)16-7-5-4-6-15(16)17(20)22-3/h4-11H,1-3H3. The Hall–Kier alpha value is -3.02. The fraction of sp³-hybridized carbons (Fsp3) is 0.176. The maximum atomic E-state index is 12.0. The van der Waals surface area contributed by atoms with Gasteiger partial charge in [0.1, 0.15) is 5.75 Å². The fourth-order valence-corrected chi connectivity index (χ4v) is 1.96. The summed E-state index contributed by atoms with van der Waals surface area (Å²) in [5.41, 5.74) is 0.543. The molecule has 2 aromatic carbocycles. The summed E-state index contributed by atoms with van der Waals surface area (Å²) in [7, 11) is 2.84. The van der Waals surface area contributed by atoms with Crippen LogP contribution in [-0.2, 0) is 9.53 Å². The molecule has 6 heteroatoms. The minimum absolute atomic E-state index is 0.235. The molecule has 0 aliphatic heterocycles. The summed E-state index contributed by atoms with van der Waals surface area (Å²) in [5.74, 6) is 0.171. The molecule has 0 N–H and O–H groups in total. The third-order valence-electron chi connectivity index (χ3n) is 3.07. The molecule has 2 aromatic rings. The SMILES string of the molecule is COC(=O)c1ccccc1N(Oc1ccc(OC)cc1)C(C)=O. The van der Waals surface area contributed by atoms with Gasteiger partial charge in [-0.1, -0.05) is 12.1 Å². The second-order valence-corrected chi connectivity index (χ2v) is 4.59. The smallest absolute Gasteiger partial charge is 0.340 e. The van der Waals surface area contributed by atoms with Gasteiger partial charge in [-0.2, -0.15) is 0 Å². The van der Waals surface area contributed by atoms with E-state index in [1.165, 1.54) is 14.0 Å². The molecule has 0 aliphatic carbocycles. The lowest BCUT2D eigenvalue weighted by atomic mass is 10.1. The van der Waals surface area contributed by atoms with Crippen LogP contribution < -0.4 is 14.6 Å². The Morgan fingerprint density at radius 2 is 1.52 bits per heavy atom. The van der Waals surface area contributed by atoms with Gasteiger partial charge in [-0.3, -0.25) is 4.79 Å². The Labute approximate surface area is 134 Å². The van der Waals surface area contributed by atoms with E-state index in [-0.39, 0.29) is 11.5 Å². The lowest BCUT2D eigenvalue weighted by Crippen LogP contribution is -2.33. The van der Waals surface area contributed by atoms with E-state index < -0.39 is 5.97 Å². The molecular formula is C17H17NO5. The van der Waals surface area contributed by atoms with Gasteiger partial charge in [-0.05, 0) is 36.4 Å². The average molecular weight is 315 g/mol. The van der Waals surface area contributed by atoms with Crippen LogP contribution in [0.15, 0.2) is 48.5 Å². The molecule has 6 nitrogen and oxygen atoms in total. The largest absolute Gasteiger partial charge is 0.497 e. The van der Waals surface area contributed by atoms with Crippen LogP contribution in [0.2, 0.25) is 0 Å². The number of hydroxylamine groups is 1. The van der Waals surface area contributed by atoms with Crippen molar-refractivity contribution >= 4 is 17.6 Å². The highest BCUT2D eigenvalue weighted by Gasteiger charge is 2.21. The molecule has 0 unspecified atom stereocenters. The number of benzene rings is 2. The molecule has 0 aromatic heterocycles. The average Bonchev–Trinajstić information content (AvgIpc) is 2.59. The first-order valence-electron chi connectivity index (χ1n) is 6.87. The lowest BCUT2D eigenvalue weighted by molar-refractivity contribution is -0.120. The highest BCUT2D eigenvalue weighted by Crippen LogP contribution is 2.25. The van der Waals surface area contributed by atoms with Gasteiger partial charge in [0, 0.05) is 6.92 Å². The Morgan fingerprint density at radius 1 is 0.913 bits per heavy atom. The number of esters is 1. The van der Waals surface area contributed by atoms with Crippen LogP contribution in [-0.4, -0.2) is 26.1 Å². The number of carbonyl (C=O) groups is 2. The monoisotopic (exact) mass is 315 g/mol. The number of anilines is 1. The molecule has 0 saturated heterocycles. The predicted octanol–water partition coefficient (Wildman–Crippen LogP) is 2.83. The summed E-state index contributed by atoms with van der Waals surface area (Å²) >= 11 is 0. The zero-order valence-electron chi connectivity index (χ0n) is 13.1. The maximum absolute atomic E-state index is 12.0. The van der Waals surface area contributed by atoms with Crippen molar-refractivity contribution in [1.29, 1.82) is 0 Å². The van der Waals surface area contributed by atoms with Crippen molar-refractivity contribution in [3.63, 3.8) is 0 Å². The van der Waals surface area contributed by atoms with E-state index in [2.05, 4.69) is 0 Å². The molecule has 0 fully saturated rings. The number of nitrogens with zero attached hydrogens (tertiary/aromatic N) is 1. The third kappa shape index (κ3) is 3.79. The van der Waals surface area contributed by atoms with Crippen LogP contribution in [0, 0.1) is 0 Å². The molecule has 0 aliphatic rings. The molecule has 0 radical (unpaired) electrons. The normalized spacial score (nSPS) is 9.87. The van der Waals surface area contributed by atoms with Gasteiger partial charge in [0.25, 0.3) is 5.91 Å². The van der Waals surface area contributed by atoms with E-state index in [1.54, 1.807) is 55.6 Å². The van der Waals surface area contributed by atoms with Crippen LogP contribution in [0.4, 0.5) is 5.69 Å². The number of hydrogen-bond acceptors (Lipinski definition) is 5. The summed E-state index contributed by atoms with van der Waals surface area (Å²) in [4.78, 5) is 29.4. The predicted molar refractivity (Wildman–Crippen MR) is 84.6 cm³/mol. The molecule has 0 spiro atoms. The number of carbonyl (C=O) groups excluding carboxylic acids is 2. The van der Waals surface area contributed by atoms with Crippen molar-refractivity contribution in [3.8, 4) is 11.5 Å². The molecule has 0 atom stereocenters. The third-order valence-corrected chi connectivity index (χ3v) is 3.07. The summed E-state index contributed by atoms with van der Waals surface area (Å²) in [6.07, 6.45) is 0. The zero-order chi connectivity index (χ0) is 16.8. The van der Waals surface area contributed by atoms with E-state index in [9.17, 15) is 9.59 Å². The first-order chi connectivity index (χ1) is 11.1. The summed E-state index contributed by atoms with van der Waals surface area (Å²) in [6, 6.07) is 13.3. The van der Waals surface area contributed by atoms with Crippen LogP contribution in [0.5, 0.6) is 11.5 Å². The topological polar surface area (TPSA) is 65.1 Å². The molecule has 0 saturated carbocycles. The van der Waals surface area contributed by atoms with Gasteiger partial charge in [0.2, 0.25) is 0 Å². The van der Waals surface area contributed by atoms with Gasteiger partial charge < -0.3 is 14.3 Å². The lowest BCUT2D eigenvalue weighted by Gasteiger charge is -2.22. The van der Waals surface area contributed by atoms with Crippen molar-refractivity contribution in [2.45, 2.75) is 6.92 Å². The van der Waals surface area contributed by atoms with Crippen LogP contribution in [0.1, 0.15) is 17.3 Å². The van der Waals surface area contributed by atoms with Crippen molar-refractivity contribution in [3.05, 3.63) is 54.1 Å². The Morgan fingerprint density at radius 3 is 2.09 bits per heavy atom. The second kappa shape index (κ2) is 7.31. The second-order valence-electron chi connectivity index (χ2n) is 4.59. The number of rotatable bonds is 5. The number of para-hydroxylation sites is 1. The highest BCUT2D eigenvalue weighted by molar-refractivity contribution is 6.01. The minimum atomic E-state index is -0.551. The van der Waals surface area contributed by atoms with E-state index >= 15 is 0 Å². The minimum Gasteiger partial charge on any atom is -0.497 e. The number of hydrogen-bond donors (Lipinski definition) is 0. The molecule has 120 valence electrons. The van der Waals surface area contributed by atoms with Gasteiger partial charge in [0.05, 0.1) is 25.5 Å². The molecule has 23 heavy (non-hydrogen) atoms. The first-order valence-corrected chi connectivity index (χ1v) is 6.87. The van der Waals surface area contributed by atoms with E-state index in [1.807, 2.05) is 0 Å². The van der Waals surface area contributed by atoms with Crippen LogP contribution in [0.3, 0.4) is 0 Å². The van der Waals surface area contributed by atoms with Crippen molar-refractivity contribution in [1.82, 2.24) is 0 Å². The Bertz CT molecular complexity index is 696. The van der Waals surface area contributed by atoms with Gasteiger partial charge in [-0.15, -0.1) is 5.06 Å². The van der Waals surface area contributed by atoms with Crippen molar-refractivity contribution in [2.75, 3.05) is 19.3 Å². The summed E-state index contributed by atoms with van der Waals surface area (Å²) in [6.45, 7) is 1.34. The molecule has 0 heterocycles. The Balaban J connectivity index is 2.35. The van der Waals surface area contributed by atoms with Gasteiger partial charge >= 0.3 is 5.97 Å². The van der Waals surface area contributed by atoms with E-state index in [0.717, 1.165) is 5.06 Å². The molecule has 0 bridgehead atoms. The number of amides is 1. The first kappa shape index (κ1) is 16.4. The maximum Gasteiger partial charge on any atom is 0.340 e. The molecular weight excluding hydrogens is 298 g/mol. The van der Waals surface area contributed by atoms with Crippen LogP contribution >= 0.6 is 0 Å². The fourth-order valence-electron chi connectivity index (χ4n) is 1.96. The van der Waals surface area contributed by atoms with Crippen LogP contribution in [0.25, 0.3) is 0 Å². The van der Waals surface area contributed by atoms with Gasteiger partial charge in [-0.25, -0.2) is 4.79 Å². The zero-order valence-corrected chi connectivity index (χ0v) is 13.1. The summed E-state index contributed by atoms with van der Waals surface area (Å²) < 4.78 is 9.81. The highest BCUT2D eigenvalue weighted by atomic mass is 16.7. The molecule has 2 rings (SSSR count). The van der Waals surface area contributed by atoms with Crippen molar-refractivity contribution < 1.29 is 23.9 Å². The van der Waals surface area contributed by atoms with Crippen molar-refractivity contribution in [2.24, 2.45) is 0 Å². The quantitative estimate of drug-likeness (QED) is 0.627. The van der Waals surface area contributed by atoms with Gasteiger partial charge in [0.15, 0.2) is 5.75 Å². The number of methoxy groups -OCH3 is 2.